The Morgan fingerprint density at radius 3 is 2.07 bits per heavy atom. The fourth-order valence-electron chi connectivity index (χ4n) is 2.90. The fraction of sp³-hybridized carbons (Fsp3) is 0.400. The third-order valence-electron chi connectivity index (χ3n) is 5.59. The molecule has 6 nitrogen and oxygen atoms in total. The Morgan fingerprint density at radius 2 is 1.54 bits per heavy atom. The predicted octanol–water partition coefficient (Wildman–Crippen LogP) is 2.87. The first kappa shape index (κ1) is 20.3. The summed E-state index contributed by atoms with van der Waals surface area (Å²) in [5.41, 5.74) is -0.921. The van der Waals surface area contributed by atoms with Crippen LogP contribution in [-0.4, -0.2) is 27.5 Å². The van der Waals surface area contributed by atoms with Crippen LogP contribution in [0.4, 0.5) is 4.39 Å². The summed E-state index contributed by atoms with van der Waals surface area (Å²) in [6.45, 7) is 9.14. The minimum atomic E-state index is -1.06. The van der Waals surface area contributed by atoms with Crippen molar-refractivity contribution >= 4 is 12.7 Å². The zero-order valence-electron chi connectivity index (χ0n) is 16.9. The quantitative estimate of drug-likeness (QED) is 0.762. The molecule has 1 aliphatic heterocycles. The standard InChI is InChI=1S/C20H24BFN2O4/c1-13(17(22)21-27-19(2,3)20(4,5)28-21)14-7-9-15(10-8-14)24-12-11-16(25)23(6)18(24)26/h7-12H,1-6H3. The van der Waals surface area contributed by atoms with Crippen molar-refractivity contribution in [2.24, 2.45) is 7.05 Å². The molecule has 2 heterocycles. The number of hydrogen-bond acceptors (Lipinski definition) is 4. The maximum Gasteiger partial charge on any atom is 0.525 e. The van der Waals surface area contributed by atoms with Gasteiger partial charge >= 0.3 is 12.8 Å². The second-order valence-corrected chi connectivity index (χ2v) is 7.97. The van der Waals surface area contributed by atoms with Crippen molar-refractivity contribution in [2.75, 3.05) is 0 Å². The largest absolute Gasteiger partial charge is 0.525 e. The molecule has 28 heavy (non-hydrogen) atoms. The SMILES string of the molecule is CC(=C(F)B1OC(C)(C)C(C)(C)O1)c1ccc(-n2ccc(=O)n(C)c2=O)cc1. The summed E-state index contributed by atoms with van der Waals surface area (Å²) < 4.78 is 28.9. The van der Waals surface area contributed by atoms with Gasteiger partial charge in [-0.1, -0.05) is 12.1 Å². The molecule has 0 amide bonds. The van der Waals surface area contributed by atoms with E-state index in [1.165, 1.54) is 23.9 Å². The Labute approximate surface area is 163 Å². The van der Waals surface area contributed by atoms with Gasteiger partial charge in [0.2, 0.25) is 0 Å². The smallest absolute Gasteiger partial charge is 0.398 e. The molecule has 0 radical (unpaired) electrons. The van der Waals surface area contributed by atoms with Crippen LogP contribution in [0.25, 0.3) is 11.3 Å². The number of rotatable bonds is 3. The van der Waals surface area contributed by atoms with Crippen LogP contribution in [0, 0.1) is 0 Å². The van der Waals surface area contributed by atoms with Gasteiger partial charge in [-0.05, 0) is 57.9 Å². The van der Waals surface area contributed by atoms with Crippen molar-refractivity contribution in [2.45, 2.75) is 45.8 Å². The zero-order chi connectivity index (χ0) is 20.9. The molecule has 1 saturated heterocycles. The van der Waals surface area contributed by atoms with Crippen LogP contribution in [0.2, 0.25) is 0 Å². The number of aromatic nitrogens is 2. The van der Waals surface area contributed by atoms with E-state index in [9.17, 15) is 14.0 Å². The highest BCUT2D eigenvalue weighted by atomic mass is 19.1. The van der Waals surface area contributed by atoms with Gasteiger partial charge in [-0.3, -0.25) is 13.9 Å². The normalized spacial score (nSPS) is 18.9. The molecule has 0 spiro atoms. The molecular weight excluding hydrogens is 362 g/mol. The van der Waals surface area contributed by atoms with Crippen LogP contribution < -0.4 is 11.2 Å². The van der Waals surface area contributed by atoms with Gasteiger partial charge in [-0.25, -0.2) is 9.18 Å². The number of hydrogen-bond donors (Lipinski definition) is 0. The average Bonchev–Trinajstić information content (AvgIpc) is 2.86. The summed E-state index contributed by atoms with van der Waals surface area (Å²) in [6, 6.07) is 8.14. The Bertz CT molecular complexity index is 1040. The van der Waals surface area contributed by atoms with Crippen LogP contribution >= 0.6 is 0 Å². The van der Waals surface area contributed by atoms with E-state index in [1.807, 2.05) is 27.7 Å². The second kappa shape index (κ2) is 6.86. The van der Waals surface area contributed by atoms with Crippen LogP contribution in [0.1, 0.15) is 40.2 Å². The molecule has 1 aromatic heterocycles. The van der Waals surface area contributed by atoms with Gasteiger partial charge in [-0.2, -0.15) is 0 Å². The highest BCUT2D eigenvalue weighted by molar-refractivity contribution is 6.55. The van der Waals surface area contributed by atoms with Gasteiger partial charge in [0.25, 0.3) is 5.56 Å². The van der Waals surface area contributed by atoms with Crippen LogP contribution in [0.15, 0.2) is 51.8 Å². The van der Waals surface area contributed by atoms with Crippen molar-refractivity contribution in [1.29, 1.82) is 0 Å². The molecule has 8 heteroatoms. The van der Waals surface area contributed by atoms with Crippen LogP contribution in [0.3, 0.4) is 0 Å². The van der Waals surface area contributed by atoms with E-state index in [0.717, 1.165) is 4.57 Å². The Kier molecular flexibility index (Phi) is 4.97. The minimum absolute atomic E-state index is 0.374. The Balaban J connectivity index is 1.91. The summed E-state index contributed by atoms with van der Waals surface area (Å²) in [5, 5.41) is 0. The molecule has 2 aromatic rings. The summed E-state index contributed by atoms with van der Waals surface area (Å²) in [6.07, 6.45) is 1.42. The molecule has 0 saturated carbocycles. The molecular formula is C20H24BFN2O4. The van der Waals surface area contributed by atoms with E-state index < -0.39 is 29.7 Å². The number of allylic oxidation sites excluding steroid dienone is 1. The second-order valence-electron chi connectivity index (χ2n) is 7.97. The van der Waals surface area contributed by atoms with Crippen molar-refractivity contribution in [3.05, 3.63) is 68.7 Å². The summed E-state index contributed by atoms with van der Waals surface area (Å²) in [7, 11) is 0.360. The van der Waals surface area contributed by atoms with Crippen molar-refractivity contribution in [3.63, 3.8) is 0 Å². The van der Waals surface area contributed by atoms with E-state index in [2.05, 4.69) is 0 Å². The molecule has 0 bridgehead atoms. The maximum atomic E-state index is 15.0. The third kappa shape index (κ3) is 3.38. The lowest BCUT2D eigenvalue weighted by atomic mass is 9.83. The highest BCUT2D eigenvalue weighted by Gasteiger charge is 2.53. The van der Waals surface area contributed by atoms with E-state index in [4.69, 9.17) is 9.31 Å². The molecule has 0 unspecified atom stereocenters. The van der Waals surface area contributed by atoms with Gasteiger partial charge in [0.1, 0.15) is 5.73 Å². The topological polar surface area (TPSA) is 62.5 Å². The van der Waals surface area contributed by atoms with E-state index in [0.29, 0.717) is 16.8 Å². The zero-order valence-corrected chi connectivity index (χ0v) is 16.9. The summed E-state index contributed by atoms with van der Waals surface area (Å²) in [5.74, 6) is 0. The lowest BCUT2D eigenvalue weighted by molar-refractivity contribution is 0.00578. The predicted molar refractivity (Wildman–Crippen MR) is 107 cm³/mol. The number of nitrogens with zero attached hydrogens (tertiary/aromatic N) is 2. The molecule has 3 rings (SSSR count). The van der Waals surface area contributed by atoms with E-state index in [1.54, 1.807) is 31.2 Å². The van der Waals surface area contributed by atoms with E-state index in [-0.39, 0.29) is 5.56 Å². The molecule has 1 aromatic carbocycles. The first-order valence-electron chi connectivity index (χ1n) is 9.06. The molecule has 0 aliphatic carbocycles. The monoisotopic (exact) mass is 386 g/mol. The first-order valence-corrected chi connectivity index (χ1v) is 9.06. The summed E-state index contributed by atoms with van der Waals surface area (Å²) >= 11 is 0. The van der Waals surface area contributed by atoms with Crippen LogP contribution in [-0.2, 0) is 16.4 Å². The van der Waals surface area contributed by atoms with Gasteiger partial charge < -0.3 is 9.31 Å². The molecule has 148 valence electrons. The lowest BCUT2D eigenvalue weighted by Gasteiger charge is -2.32. The Hall–Kier alpha value is -2.45. The Morgan fingerprint density at radius 1 is 1.00 bits per heavy atom. The van der Waals surface area contributed by atoms with Gasteiger partial charge in [0.05, 0.1) is 16.9 Å². The maximum absolute atomic E-state index is 15.0. The van der Waals surface area contributed by atoms with Gasteiger partial charge in [0.15, 0.2) is 0 Å². The molecule has 0 atom stereocenters. The fourth-order valence-corrected chi connectivity index (χ4v) is 2.90. The molecule has 1 fully saturated rings. The molecule has 0 N–H and O–H groups in total. The minimum Gasteiger partial charge on any atom is -0.398 e. The van der Waals surface area contributed by atoms with Crippen molar-refractivity contribution in [1.82, 2.24) is 9.13 Å². The first-order chi connectivity index (χ1) is 12.9. The average molecular weight is 386 g/mol. The van der Waals surface area contributed by atoms with Gasteiger partial charge in [-0.15, -0.1) is 0 Å². The van der Waals surface area contributed by atoms with E-state index >= 15 is 0 Å². The lowest BCUT2D eigenvalue weighted by Crippen LogP contribution is -2.41. The third-order valence-corrected chi connectivity index (χ3v) is 5.59. The molecule has 1 aliphatic rings. The highest BCUT2D eigenvalue weighted by Crippen LogP contribution is 2.40. The van der Waals surface area contributed by atoms with Crippen LogP contribution in [0.5, 0.6) is 0 Å². The summed E-state index contributed by atoms with van der Waals surface area (Å²) in [4.78, 5) is 23.8. The number of halogens is 1. The van der Waals surface area contributed by atoms with Crippen molar-refractivity contribution < 1.29 is 13.7 Å². The van der Waals surface area contributed by atoms with Gasteiger partial charge in [0, 0.05) is 19.3 Å². The number of benzene rings is 1. The van der Waals surface area contributed by atoms with Crippen molar-refractivity contribution in [3.8, 4) is 5.69 Å².